The molecule has 0 aliphatic rings. The first-order valence-electron chi connectivity index (χ1n) is 11.3. The molecule has 0 aliphatic heterocycles. The number of hydrogen-bond donors (Lipinski definition) is 0. The normalized spacial score (nSPS) is 13.4. The lowest BCUT2D eigenvalue weighted by Gasteiger charge is -2.32. The highest BCUT2D eigenvalue weighted by Crippen LogP contribution is 2.23. The molecular weight excluding hydrogens is 429 g/mol. The molecule has 176 valence electrons. The van der Waals surface area contributed by atoms with E-state index >= 15 is 0 Å². The van der Waals surface area contributed by atoms with Crippen LogP contribution in [0.2, 0.25) is 0 Å². The fraction of sp³-hybridized carbons (Fsp3) is 0.480. The van der Waals surface area contributed by atoms with Gasteiger partial charge in [0.25, 0.3) is 0 Å². The molecular formula is C25H34FNO4S. The summed E-state index contributed by atoms with van der Waals surface area (Å²) in [6, 6.07) is 11.3. The monoisotopic (exact) mass is 463 g/mol. The molecule has 2 aromatic rings. The molecule has 0 bridgehead atoms. The second kappa shape index (κ2) is 12.0. The van der Waals surface area contributed by atoms with Crippen molar-refractivity contribution < 1.29 is 21.8 Å². The fourth-order valence-electron chi connectivity index (χ4n) is 3.48. The Hall–Kier alpha value is -2.41. The van der Waals surface area contributed by atoms with E-state index in [9.17, 15) is 17.6 Å². The first-order valence-corrected chi connectivity index (χ1v) is 12.7. The molecule has 0 saturated heterocycles. The molecule has 32 heavy (non-hydrogen) atoms. The van der Waals surface area contributed by atoms with Gasteiger partial charge in [-0.25, -0.2) is 4.39 Å². The van der Waals surface area contributed by atoms with Crippen LogP contribution in [-0.4, -0.2) is 25.3 Å². The molecule has 0 saturated carbocycles. The Morgan fingerprint density at radius 1 is 1.00 bits per heavy atom. The second-order valence-corrected chi connectivity index (χ2v) is 9.65. The highest BCUT2D eigenvalue weighted by molar-refractivity contribution is 7.87. The number of halogens is 1. The quantitative estimate of drug-likeness (QED) is 0.366. The summed E-state index contributed by atoms with van der Waals surface area (Å²) in [5.41, 5.74) is 0.899. The third-order valence-electron chi connectivity index (χ3n) is 5.74. The largest absolute Gasteiger partial charge is 0.379 e. The number of amides is 1. The molecule has 2 unspecified atom stereocenters. The Kier molecular flexibility index (Phi) is 9.69. The van der Waals surface area contributed by atoms with E-state index < -0.39 is 15.9 Å². The van der Waals surface area contributed by atoms with E-state index in [0.29, 0.717) is 6.54 Å². The molecule has 7 heteroatoms. The molecule has 2 rings (SSSR count). The fourth-order valence-corrected chi connectivity index (χ4v) is 4.41. The number of unbranched alkanes of at least 4 members (excludes halogenated alkanes) is 1. The molecule has 0 spiro atoms. The average molecular weight is 464 g/mol. The van der Waals surface area contributed by atoms with Gasteiger partial charge in [0, 0.05) is 18.5 Å². The van der Waals surface area contributed by atoms with Crippen LogP contribution in [0.4, 0.5) is 4.39 Å². The van der Waals surface area contributed by atoms with Gasteiger partial charge in [-0.05, 0) is 68.1 Å². The predicted molar refractivity (Wildman–Crippen MR) is 124 cm³/mol. The topological polar surface area (TPSA) is 63.7 Å². The molecule has 0 radical (unpaired) electrons. The molecule has 5 nitrogen and oxygen atoms in total. The van der Waals surface area contributed by atoms with Crippen molar-refractivity contribution >= 4 is 16.0 Å². The first kappa shape index (κ1) is 25.8. The minimum absolute atomic E-state index is 0.0207. The van der Waals surface area contributed by atoms with Crippen molar-refractivity contribution in [2.45, 2.75) is 77.3 Å². The van der Waals surface area contributed by atoms with Crippen molar-refractivity contribution in [3.05, 3.63) is 59.9 Å². The molecule has 0 fully saturated rings. The third-order valence-corrected chi connectivity index (χ3v) is 7.00. The summed E-state index contributed by atoms with van der Waals surface area (Å²) >= 11 is 0. The maximum absolute atomic E-state index is 13.2. The van der Waals surface area contributed by atoms with Crippen LogP contribution in [0.3, 0.4) is 0 Å². The van der Waals surface area contributed by atoms with Gasteiger partial charge in [-0.3, -0.25) is 4.79 Å². The van der Waals surface area contributed by atoms with Crippen LogP contribution in [0.25, 0.3) is 0 Å². The highest BCUT2D eigenvalue weighted by atomic mass is 32.2. The summed E-state index contributed by atoms with van der Waals surface area (Å²) in [5.74, 6) is -0.162. The standard InChI is InChI=1S/C25H34FNO4S/c1-5-8-9-21(7-3)25(28)27(19(4)6-2)18-20-10-14-23(15-11-20)31-32(29,30)24-16-12-22(26)13-17-24/h10-17,19,21H,5-9,18H2,1-4H3. The van der Waals surface area contributed by atoms with Crippen LogP contribution in [0.5, 0.6) is 5.75 Å². The summed E-state index contributed by atoms with van der Waals surface area (Å²) in [5, 5.41) is 0. The van der Waals surface area contributed by atoms with E-state index in [2.05, 4.69) is 27.7 Å². The summed E-state index contributed by atoms with van der Waals surface area (Å²) in [6.07, 6.45) is 4.67. The molecule has 0 aliphatic carbocycles. The number of rotatable bonds is 12. The van der Waals surface area contributed by atoms with Gasteiger partial charge < -0.3 is 9.08 Å². The van der Waals surface area contributed by atoms with Gasteiger partial charge in [-0.1, -0.05) is 45.7 Å². The first-order chi connectivity index (χ1) is 15.2. The van der Waals surface area contributed by atoms with Crippen molar-refractivity contribution in [3.63, 3.8) is 0 Å². The average Bonchev–Trinajstić information content (AvgIpc) is 2.78. The minimum atomic E-state index is -4.05. The van der Waals surface area contributed by atoms with Crippen molar-refractivity contribution in [2.24, 2.45) is 5.92 Å². The van der Waals surface area contributed by atoms with E-state index in [1.165, 1.54) is 0 Å². The summed E-state index contributed by atoms with van der Waals surface area (Å²) in [6.45, 7) is 8.76. The van der Waals surface area contributed by atoms with Crippen molar-refractivity contribution in [2.75, 3.05) is 0 Å². The van der Waals surface area contributed by atoms with Gasteiger partial charge in [0.2, 0.25) is 5.91 Å². The smallest absolute Gasteiger partial charge is 0.339 e. The molecule has 2 aromatic carbocycles. The third kappa shape index (κ3) is 7.05. The van der Waals surface area contributed by atoms with Crippen molar-refractivity contribution in [1.82, 2.24) is 4.90 Å². The molecule has 1 amide bonds. The number of hydrogen-bond acceptors (Lipinski definition) is 4. The van der Waals surface area contributed by atoms with Gasteiger partial charge in [0.1, 0.15) is 16.5 Å². The van der Waals surface area contributed by atoms with Crippen LogP contribution in [0.15, 0.2) is 53.4 Å². The molecule has 0 N–H and O–H groups in total. The van der Waals surface area contributed by atoms with E-state index in [1.807, 2.05) is 4.90 Å². The lowest BCUT2D eigenvalue weighted by Crippen LogP contribution is -2.41. The maximum atomic E-state index is 13.2. The Bertz CT molecular complexity index is 958. The SMILES string of the molecule is CCCCC(CC)C(=O)N(Cc1ccc(OS(=O)(=O)c2ccc(F)cc2)cc1)C(C)CC. The summed E-state index contributed by atoms with van der Waals surface area (Å²) in [7, 11) is -4.05. The van der Waals surface area contributed by atoms with Gasteiger partial charge in [0.15, 0.2) is 0 Å². The highest BCUT2D eigenvalue weighted by Gasteiger charge is 2.26. The predicted octanol–water partition coefficient (Wildman–Crippen LogP) is 5.94. The zero-order chi connectivity index (χ0) is 23.7. The Morgan fingerprint density at radius 2 is 1.62 bits per heavy atom. The number of carbonyl (C=O) groups excluding carboxylic acids is 1. The zero-order valence-electron chi connectivity index (χ0n) is 19.4. The van der Waals surface area contributed by atoms with Gasteiger partial charge in [-0.15, -0.1) is 0 Å². The lowest BCUT2D eigenvalue weighted by molar-refractivity contribution is -0.138. The maximum Gasteiger partial charge on any atom is 0.339 e. The second-order valence-electron chi connectivity index (χ2n) is 8.11. The Morgan fingerprint density at radius 3 is 2.16 bits per heavy atom. The van der Waals surface area contributed by atoms with Crippen LogP contribution in [-0.2, 0) is 21.5 Å². The van der Waals surface area contributed by atoms with Crippen LogP contribution < -0.4 is 4.18 Å². The van der Waals surface area contributed by atoms with E-state index in [-0.39, 0.29) is 28.5 Å². The Balaban J connectivity index is 2.13. The summed E-state index contributed by atoms with van der Waals surface area (Å²) in [4.78, 5) is 15.0. The lowest BCUT2D eigenvalue weighted by atomic mass is 9.96. The van der Waals surface area contributed by atoms with Crippen LogP contribution in [0.1, 0.15) is 65.4 Å². The molecule has 2 atom stereocenters. The number of carbonyl (C=O) groups is 1. The van der Waals surface area contributed by atoms with Gasteiger partial charge in [0.05, 0.1) is 0 Å². The molecule has 0 aromatic heterocycles. The minimum Gasteiger partial charge on any atom is -0.379 e. The summed E-state index contributed by atoms with van der Waals surface area (Å²) < 4.78 is 43.0. The number of benzene rings is 2. The van der Waals surface area contributed by atoms with E-state index in [4.69, 9.17) is 4.18 Å². The van der Waals surface area contributed by atoms with E-state index in [1.54, 1.807) is 24.3 Å². The van der Waals surface area contributed by atoms with E-state index in [0.717, 1.165) is 61.9 Å². The van der Waals surface area contributed by atoms with Crippen molar-refractivity contribution in [1.29, 1.82) is 0 Å². The molecule has 0 heterocycles. The Labute approximate surface area is 191 Å². The van der Waals surface area contributed by atoms with Crippen LogP contribution in [0, 0.1) is 11.7 Å². The number of nitrogens with zero attached hydrogens (tertiary/aromatic N) is 1. The van der Waals surface area contributed by atoms with Crippen molar-refractivity contribution in [3.8, 4) is 5.75 Å². The van der Waals surface area contributed by atoms with Crippen LogP contribution >= 0.6 is 0 Å². The van der Waals surface area contributed by atoms with Gasteiger partial charge >= 0.3 is 10.1 Å². The zero-order valence-corrected chi connectivity index (χ0v) is 20.2. The van der Waals surface area contributed by atoms with Gasteiger partial charge in [-0.2, -0.15) is 8.42 Å².